The van der Waals surface area contributed by atoms with Crippen molar-refractivity contribution in [3.63, 3.8) is 0 Å². The molecule has 1 aromatic carbocycles. The molecule has 228 valence electrons. The zero-order valence-corrected chi connectivity index (χ0v) is 26.5. The Morgan fingerprint density at radius 2 is 1.80 bits per heavy atom. The van der Waals surface area contributed by atoms with Crippen LogP contribution in [0.4, 0.5) is 4.79 Å². The normalized spacial score (nSPS) is 40.5. The molecule has 1 N–H and O–H groups in total. The van der Waals surface area contributed by atoms with E-state index in [4.69, 9.17) is 9.47 Å². The first-order valence-corrected chi connectivity index (χ1v) is 16.5. The molecule has 4 aliphatic rings. The Hall–Kier alpha value is -1.85. The number of amides is 1. The van der Waals surface area contributed by atoms with Crippen molar-refractivity contribution >= 4 is 6.09 Å². The number of hydrogen-bond donors (Lipinski definition) is 1. The number of carbonyl (C=O) groups is 1. The van der Waals surface area contributed by atoms with Crippen molar-refractivity contribution in [3.8, 4) is 0 Å². The Labute approximate surface area is 249 Å². The molecule has 1 unspecified atom stereocenters. The van der Waals surface area contributed by atoms with Gasteiger partial charge < -0.3 is 19.5 Å². The smallest absolute Gasteiger partial charge is 0.410 e. The minimum atomic E-state index is -0.233. The summed E-state index contributed by atoms with van der Waals surface area (Å²) in [6.07, 6.45) is 10.4. The second-order valence-corrected chi connectivity index (χ2v) is 14.9. The molecule has 2 saturated heterocycles. The molecule has 1 saturated carbocycles. The Morgan fingerprint density at radius 3 is 2.51 bits per heavy atom. The lowest BCUT2D eigenvalue weighted by Gasteiger charge is -2.43. The van der Waals surface area contributed by atoms with Crippen molar-refractivity contribution in [3.05, 3.63) is 47.0 Å². The van der Waals surface area contributed by atoms with E-state index in [1.54, 1.807) is 5.57 Å². The zero-order valence-electron chi connectivity index (χ0n) is 26.5. The molecule has 0 aromatic heterocycles. The predicted octanol–water partition coefficient (Wildman–Crippen LogP) is 8.30. The second-order valence-electron chi connectivity index (χ2n) is 14.9. The van der Waals surface area contributed by atoms with Crippen molar-refractivity contribution in [1.82, 2.24) is 4.90 Å². The van der Waals surface area contributed by atoms with Gasteiger partial charge in [0.2, 0.25) is 0 Å². The maximum absolute atomic E-state index is 13.5. The molecule has 1 spiro atoms. The highest BCUT2D eigenvalue weighted by molar-refractivity contribution is 5.68. The van der Waals surface area contributed by atoms with Gasteiger partial charge in [0, 0.05) is 12.5 Å². The number of benzene rings is 1. The van der Waals surface area contributed by atoms with Crippen molar-refractivity contribution < 1.29 is 19.4 Å². The lowest BCUT2D eigenvalue weighted by Crippen LogP contribution is -2.54. The number of nitrogens with zero attached hydrogens (tertiary/aromatic N) is 1. The summed E-state index contributed by atoms with van der Waals surface area (Å²) in [6, 6.07) is 10.0. The molecular weight excluding hydrogens is 510 g/mol. The topological polar surface area (TPSA) is 59.0 Å². The number of aliphatic hydroxyl groups is 1. The van der Waals surface area contributed by atoms with Gasteiger partial charge in [-0.2, -0.15) is 0 Å². The van der Waals surface area contributed by atoms with E-state index in [-0.39, 0.29) is 35.9 Å². The van der Waals surface area contributed by atoms with Gasteiger partial charge in [-0.05, 0) is 99.9 Å². The van der Waals surface area contributed by atoms with Crippen molar-refractivity contribution in [2.24, 2.45) is 29.1 Å². The number of hydrogen-bond acceptors (Lipinski definition) is 4. The number of aliphatic hydroxyl groups excluding tert-OH is 1. The fraction of sp³-hybridized carbons (Fsp3) is 0.750. The van der Waals surface area contributed by atoms with Crippen molar-refractivity contribution in [2.75, 3.05) is 6.54 Å². The fourth-order valence-electron chi connectivity index (χ4n) is 8.66. The van der Waals surface area contributed by atoms with Gasteiger partial charge in [0.15, 0.2) is 0 Å². The molecule has 1 amide bonds. The molecule has 2 aliphatic carbocycles. The summed E-state index contributed by atoms with van der Waals surface area (Å²) in [4.78, 5) is 15.5. The molecular formula is C36H55NO4. The lowest BCUT2D eigenvalue weighted by atomic mass is 9.64. The van der Waals surface area contributed by atoms with Gasteiger partial charge in [0.05, 0.1) is 23.9 Å². The Balaban J connectivity index is 1.34. The maximum Gasteiger partial charge on any atom is 0.410 e. The largest absolute Gasteiger partial charge is 0.445 e. The molecule has 7 atom stereocenters. The van der Waals surface area contributed by atoms with E-state index in [1.807, 2.05) is 35.2 Å². The number of rotatable bonds is 5. The SMILES string of the molecule is C/C1=C(\C[C@@H](C)C2(C)CCC(O)CC2)CC(C)CC[C@@]2(C1)O[C@@H]1C[C@H](C)CN(C(=O)OCc3ccccc3)[C@H]1[C@H]2C. The van der Waals surface area contributed by atoms with E-state index >= 15 is 0 Å². The minimum Gasteiger partial charge on any atom is -0.445 e. The summed E-state index contributed by atoms with van der Waals surface area (Å²) in [5.74, 6) is 1.86. The van der Waals surface area contributed by atoms with Gasteiger partial charge in [0.25, 0.3) is 0 Å². The van der Waals surface area contributed by atoms with Gasteiger partial charge in [-0.1, -0.05) is 76.1 Å². The van der Waals surface area contributed by atoms with Crippen LogP contribution in [0.15, 0.2) is 41.5 Å². The second kappa shape index (κ2) is 12.4. The molecule has 3 fully saturated rings. The van der Waals surface area contributed by atoms with E-state index in [1.165, 1.54) is 12.0 Å². The van der Waals surface area contributed by atoms with Crippen LogP contribution in [0.25, 0.3) is 0 Å². The number of allylic oxidation sites excluding steroid dienone is 1. The summed E-state index contributed by atoms with van der Waals surface area (Å²) in [7, 11) is 0. The van der Waals surface area contributed by atoms with Crippen molar-refractivity contribution in [2.45, 2.75) is 136 Å². The first-order valence-electron chi connectivity index (χ1n) is 16.5. The van der Waals surface area contributed by atoms with Crippen LogP contribution in [0.2, 0.25) is 0 Å². The monoisotopic (exact) mass is 565 g/mol. The first kappa shape index (κ1) is 30.6. The van der Waals surface area contributed by atoms with Crippen LogP contribution >= 0.6 is 0 Å². The third-order valence-corrected chi connectivity index (χ3v) is 11.7. The predicted molar refractivity (Wildman–Crippen MR) is 164 cm³/mol. The Kier molecular flexibility index (Phi) is 9.26. The molecule has 0 radical (unpaired) electrons. The quantitative estimate of drug-likeness (QED) is 0.365. The standard InChI is InChI=1S/C36H55NO4/c1-24-12-17-36(21-26(3)30(18-24)20-27(4)35(6)15-13-31(38)14-16-35)28(5)33-32(41-36)19-25(2)22-37(33)34(39)40-23-29-10-8-7-9-11-29/h7-11,24-25,27-28,31-33,38H,12-23H2,1-6H3/b30-26+/t24?,25-,27+,28+,31?,32+,33-,35?,36-/m0/s1. The first-order chi connectivity index (χ1) is 19.5. The maximum atomic E-state index is 13.5. The lowest BCUT2D eigenvalue weighted by molar-refractivity contribution is -0.0801. The van der Waals surface area contributed by atoms with Crippen LogP contribution < -0.4 is 0 Å². The summed E-state index contributed by atoms with van der Waals surface area (Å²) in [5.41, 5.74) is 4.24. The average Bonchev–Trinajstić information content (AvgIpc) is 3.22. The third kappa shape index (κ3) is 6.56. The molecule has 2 aliphatic heterocycles. The van der Waals surface area contributed by atoms with Crippen LogP contribution in [0.3, 0.4) is 0 Å². The minimum absolute atomic E-state index is 0.0620. The molecule has 5 nitrogen and oxygen atoms in total. The molecule has 1 aromatic rings. The highest BCUT2D eigenvalue weighted by atomic mass is 16.6. The van der Waals surface area contributed by atoms with Crippen LogP contribution in [-0.4, -0.2) is 46.5 Å². The van der Waals surface area contributed by atoms with E-state index in [0.717, 1.165) is 69.9 Å². The van der Waals surface area contributed by atoms with Crippen LogP contribution in [0.5, 0.6) is 0 Å². The number of fused-ring (bicyclic) bond motifs is 1. The third-order valence-electron chi connectivity index (χ3n) is 11.7. The molecule has 0 bridgehead atoms. The van der Waals surface area contributed by atoms with Gasteiger partial charge in [0.1, 0.15) is 6.61 Å². The van der Waals surface area contributed by atoms with Crippen LogP contribution in [-0.2, 0) is 16.1 Å². The van der Waals surface area contributed by atoms with E-state index < -0.39 is 0 Å². The molecule has 2 heterocycles. The number of piperidine rings is 1. The van der Waals surface area contributed by atoms with Crippen LogP contribution in [0.1, 0.15) is 111 Å². The Bertz CT molecular complexity index is 1080. The summed E-state index contributed by atoms with van der Waals surface area (Å²) in [5, 5.41) is 10.1. The Morgan fingerprint density at radius 1 is 1.10 bits per heavy atom. The summed E-state index contributed by atoms with van der Waals surface area (Å²) in [6.45, 7) is 15.3. The summed E-state index contributed by atoms with van der Waals surface area (Å²) < 4.78 is 13.0. The molecule has 5 rings (SSSR count). The number of ether oxygens (including phenoxy) is 2. The van der Waals surface area contributed by atoms with E-state index in [2.05, 4.69) is 41.5 Å². The van der Waals surface area contributed by atoms with Gasteiger partial charge in [-0.15, -0.1) is 0 Å². The fourth-order valence-corrected chi connectivity index (χ4v) is 8.66. The van der Waals surface area contributed by atoms with E-state index in [9.17, 15) is 9.90 Å². The van der Waals surface area contributed by atoms with Gasteiger partial charge in [-0.3, -0.25) is 0 Å². The molecule has 5 heteroatoms. The highest BCUT2D eigenvalue weighted by Crippen LogP contribution is 2.52. The highest BCUT2D eigenvalue weighted by Gasteiger charge is 2.57. The van der Waals surface area contributed by atoms with Gasteiger partial charge in [-0.25, -0.2) is 4.79 Å². The van der Waals surface area contributed by atoms with Crippen molar-refractivity contribution in [1.29, 1.82) is 0 Å². The number of likely N-dealkylation sites (tertiary alicyclic amines) is 1. The number of carbonyl (C=O) groups excluding carboxylic acids is 1. The van der Waals surface area contributed by atoms with E-state index in [0.29, 0.717) is 29.8 Å². The zero-order chi connectivity index (χ0) is 29.4. The molecule has 41 heavy (non-hydrogen) atoms. The summed E-state index contributed by atoms with van der Waals surface area (Å²) >= 11 is 0. The van der Waals surface area contributed by atoms with Gasteiger partial charge >= 0.3 is 6.09 Å². The van der Waals surface area contributed by atoms with Crippen LogP contribution in [0, 0.1) is 29.1 Å². The average molecular weight is 566 g/mol.